The van der Waals surface area contributed by atoms with Gasteiger partial charge >= 0.3 is 0 Å². The molecule has 2 N–H and O–H groups in total. The molecule has 0 bridgehead atoms. The highest BCUT2D eigenvalue weighted by Gasteiger charge is 2.20. The molecule has 0 aromatic carbocycles. The predicted molar refractivity (Wildman–Crippen MR) is 64.3 cm³/mol. The Morgan fingerprint density at radius 3 is 2.94 bits per heavy atom. The third kappa shape index (κ3) is 2.01. The molecule has 2 heterocycles. The van der Waals surface area contributed by atoms with Crippen LogP contribution >= 0.6 is 0 Å². The van der Waals surface area contributed by atoms with Gasteiger partial charge < -0.3 is 5.32 Å². The third-order valence-corrected chi connectivity index (χ3v) is 4.10. The Morgan fingerprint density at radius 1 is 1.19 bits per heavy atom. The summed E-state index contributed by atoms with van der Waals surface area (Å²) in [5.41, 5.74) is 4.21. The number of hydrogen-bond acceptors (Lipinski definition) is 2. The lowest BCUT2D eigenvalue weighted by Crippen LogP contribution is -2.24. The summed E-state index contributed by atoms with van der Waals surface area (Å²) in [5.74, 6) is 0.899. The fraction of sp³-hybridized carbons (Fsp3) is 0.769. The van der Waals surface area contributed by atoms with Crippen LogP contribution in [0.5, 0.6) is 0 Å². The number of nitrogens with zero attached hydrogens (tertiary/aromatic N) is 1. The van der Waals surface area contributed by atoms with Crippen molar-refractivity contribution in [2.45, 2.75) is 51.5 Å². The van der Waals surface area contributed by atoms with Crippen molar-refractivity contribution in [1.82, 2.24) is 15.5 Å². The molecular weight excluding hydrogens is 198 g/mol. The number of hydrogen-bond donors (Lipinski definition) is 2. The molecule has 1 aliphatic heterocycles. The Hall–Kier alpha value is -0.830. The van der Waals surface area contributed by atoms with E-state index < -0.39 is 0 Å². The summed E-state index contributed by atoms with van der Waals surface area (Å²) in [6, 6.07) is 0. The highest BCUT2D eigenvalue weighted by Crippen LogP contribution is 2.28. The summed E-state index contributed by atoms with van der Waals surface area (Å²) in [5, 5.41) is 11.1. The van der Waals surface area contributed by atoms with Gasteiger partial charge in [-0.25, -0.2) is 0 Å². The summed E-state index contributed by atoms with van der Waals surface area (Å²) in [7, 11) is 0. The summed E-state index contributed by atoms with van der Waals surface area (Å²) in [4.78, 5) is 0. The molecule has 3 rings (SSSR count). The first kappa shape index (κ1) is 10.3. The Balaban J connectivity index is 1.71. The van der Waals surface area contributed by atoms with Gasteiger partial charge in [0.1, 0.15) is 0 Å². The van der Waals surface area contributed by atoms with Gasteiger partial charge in [0, 0.05) is 6.54 Å². The van der Waals surface area contributed by atoms with Crippen LogP contribution in [0.25, 0.3) is 0 Å². The summed E-state index contributed by atoms with van der Waals surface area (Å²) in [6.45, 7) is 2.09. The molecule has 88 valence electrons. The van der Waals surface area contributed by atoms with Gasteiger partial charge in [-0.1, -0.05) is 32.1 Å². The van der Waals surface area contributed by atoms with E-state index >= 15 is 0 Å². The maximum Gasteiger partial charge on any atom is 0.0660 e. The highest BCUT2D eigenvalue weighted by atomic mass is 15.1. The van der Waals surface area contributed by atoms with Gasteiger partial charge in [0.25, 0.3) is 0 Å². The number of H-pyrrole nitrogens is 1. The van der Waals surface area contributed by atoms with Crippen molar-refractivity contribution in [2.75, 3.05) is 6.54 Å². The van der Waals surface area contributed by atoms with Crippen molar-refractivity contribution in [3.8, 4) is 0 Å². The average Bonchev–Trinajstić information content (AvgIpc) is 2.74. The lowest BCUT2D eigenvalue weighted by Gasteiger charge is -2.21. The molecule has 2 aliphatic rings. The van der Waals surface area contributed by atoms with E-state index in [1.807, 2.05) is 0 Å². The second kappa shape index (κ2) is 4.58. The average molecular weight is 219 g/mol. The van der Waals surface area contributed by atoms with Crippen molar-refractivity contribution in [3.05, 3.63) is 17.0 Å². The Kier molecular flexibility index (Phi) is 2.96. The first-order chi connectivity index (χ1) is 7.93. The van der Waals surface area contributed by atoms with Gasteiger partial charge in [-0.3, -0.25) is 5.10 Å². The molecule has 1 aromatic rings. The molecule has 3 nitrogen and oxygen atoms in total. The van der Waals surface area contributed by atoms with Gasteiger partial charge in [-0.15, -0.1) is 0 Å². The number of nitrogens with one attached hydrogen (secondary N) is 2. The van der Waals surface area contributed by atoms with Gasteiger partial charge in [0.05, 0.1) is 11.4 Å². The molecule has 0 radical (unpaired) electrons. The minimum absolute atomic E-state index is 0.899. The van der Waals surface area contributed by atoms with Crippen molar-refractivity contribution in [2.24, 2.45) is 5.92 Å². The smallest absolute Gasteiger partial charge is 0.0660 e. The van der Waals surface area contributed by atoms with Crippen LogP contribution in [-0.4, -0.2) is 16.7 Å². The van der Waals surface area contributed by atoms with Gasteiger partial charge in [-0.2, -0.15) is 5.10 Å². The molecule has 0 saturated heterocycles. The zero-order chi connectivity index (χ0) is 10.8. The first-order valence-electron chi connectivity index (χ1n) is 6.69. The number of aromatic nitrogens is 2. The van der Waals surface area contributed by atoms with Gasteiger partial charge in [-0.05, 0) is 30.9 Å². The fourth-order valence-corrected chi connectivity index (χ4v) is 3.15. The zero-order valence-electron chi connectivity index (χ0n) is 9.89. The molecule has 0 spiro atoms. The summed E-state index contributed by atoms with van der Waals surface area (Å²) < 4.78 is 0. The van der Waals surface area contributed by atoms with Gasteiger partial charge in [0.2, 0.25) is 0 Å². The van der Waals surface area contributed by atoms with Crippen molar-refractivity contribution in [1.29, 1.82) is 0 Å². The normalized spacial score (nSPS) is 22.0. The molecule has 0 atom stereocenters. The maximum absolute atomic E-state index is 4.53. The second-order valence-electron chi connectivity index (χ2n) is 5.26. The predicted octanol–water partition coefficient (Wildman–Crippen LogP) is 2.18. The molecule has 3 heteroatoms. The zero-order valence-corrected chi connectivity index (χ0v) is 9.89. The first-order valence-corrected chi connectivity index (χ1v) is 6.69. The molecule has 0 unspecified atom stereocenters. The maximum atomic E-state index is 4.53. The largest absolute Gasteiger partial charge is 0.311 e. The van der Waals surface area contributed by atoms with Crippen LogP contribution in [0.15, 0.2) is 0 Å². The van der Waals surface area contributed by atoms with E-state index in [2.05, 4.69) is 15.5 Å². The van der Waals surface area contributed by atoms with Gasteiger partial charge in [0.15, 0.2) is 0 Å². The Labute approximate surface area is 97.0 Å². The number of aromatic amines is 1. The van der Waals surface area contributed by atoms with Crippen LogP contribution in [-0.2, 0) is 19.4 Å². The second-order valence-corrected chi connectivity index (χ2v) is 5.26. The summed E-state index contributed by atoms with van der Waals surface area (Å²) >= 11 is 0. The summed E-state index contributed by atoms with van der Waals surface area (Å²) in [6.07, 6.45) is 9.51. The van der Waals surface area contributed by atoms with E-state index in [0.29, 0.717) is 0 Å². The van der Waals surface area contributed by atoms with Crippen LogP contribution in [0.2, 0.25) is 0 Å². The Morgan fingerprint density at radius 2 is 2.06 bits per heavy atom. The van der Waals surface area contributed by atoms with Crippen LogP contribution in [0.1, 0.15) is 49.1 Å². The highest BCUT2D eigenvalue weighted by molar-refractivity contribution is 5.28. The number of rotatable bonds is 2. The SMILES string of the molecule is C1CCC(Cc2n[nH]c3c2CCNC3)CC1. The molecule has 16 heavy (non-hydrogen) atoms. The quantitative estimate of drug-likeness (QED) is 0.800. The molecule has 1 fully saturated rings. The van der Waals surface area contributed by atoms with E-state index in [1.54, 1.807) is 0 Å². The van der Waals surface area contributed by atoms with Crippen molar-refractivity contribution in [3.63, 3.8) is 0 Å². The van der Waals surface area contributed by atoms with Crippen molar-refractivity contribution < 1.29 is 0 Å². The van der Waals surface area contributed by atoms with Crippen LogP contribution in [0.4, 0.5) is 0 Å². The minimum atomic E-state index is 0.899. The minimum Gasteiger partial charge on any atom is -0.311 e. The van der Waals surface area contributed by atoms with E-state index in [0.717, 1.165) is 25.4 Å². The third-order valence-electron chi connectivity index (χ3n) is 4.10. The lowest BCUT2D eigenvalue weighted by atomic mass is 9.85. The Bertz CT molecular complexity index is 350. The molecule has 1 aliphatic carbocycles. The molecule has 1 aromatic heterocycles. The standard InChI is InChI=1S/C13H21N3/c1-2-4-10(5-3-1)8-12-11-6-7-14-9-13(11)16-15-12/h10,14H,1-9H2,(H,15,16). The fourth-order valence-electron chi connectivity index (χ4n) is 3.15. The number of fused-ring (bicyclic) bond motifs is 1. The molecule has 1 saturated carbocycles. The van der Waals surface area contributed by atoms with Crippen LogP contribution in [0.3, 0.4) is 0 Å². The monoisotopic (exact) mass is 219 g/mol. The van der Waals surface area contributed by atoms with E-state index in [4.69, 9.17) is 0 Å². The van der Waals surface area contributed by atoms with E-state index in [9.17, 15) is 0 Å². The van der Waals surface area contributed by atoms with Crippen molar-refractivity contribution >= 4 is 0 Å². The van der Waals surface area contributed by atoms with Crippen LogP contribution < -0.4 is 5.32 Å². The van der Waals surface area contributed by atoms with E-state index in [1.165, 1.54) is 55.5 Å². The lowest BCUT2D eigenvalue weighted by molar-refractivity contribution is 0.353. The molecular formula is C13H21N3. The topological polar surface area (TPSA) is 40.7 Å². The molecule has 0 amide bonds. The van der Waals surface area contributed by atoms with E-state index in [-0.39, 0.29) is 0 Å². The van der Waals surface area contributed by atoms with Crippen LogP contribution in [0, 0.1) is 5.92 Å².